The van der Waals surface area contributed by atoms with Crippen LogP contribution in [0.3, 0.4) is 0 Å². The lowest BCUT2D eigenvalue weighted by molar-refractivity contribution is 0.0764. The first-order chi connectivity index (χ1) is 14.5. The van der Waals surface area contributed by atoms with Gasteiger partial charge < -0.3 is 25.7 Å². The Morgan fingerprint density at radius 2 is 1.80 bits per heavy atom. The molecule has 30 heavy (non-hydrogen) atoms. The molecule has 0 bridgehead atoms. The van der Waals surface area contributed by atoms with Gasteiger partial charge in [0.25, 0.3) is 11.8 Å². The number of carbonyl (C=O) groups excluding carboxylic acids is 2. The number of fused-ring (bicyclic) bond motifs is 1. The van der Waals surface area contributed by atoms with Crippen molar-refractivity contribution in [1.29, 1.82) is 0 Å². The molecule has 0 saturated carbocycles. The smallest absolute Gasteiger partial charge is 0.253 e. The van der Waals surface area contributed by atoms with Gasteiger partial charge in [0.05, 0.1) is 12.2 Å². The highest BCUT2D eigenvalue weighted by molar-refractivity contribution is 5.97. The van der Waals surface area contributed by atoms with Gasteiger partial charge in [-0.2, -0.15) is 0 Å². The molecule has 4 N–H and O–H groups in total. The van der Waals surface area contributed by atoms with E-state index < -0.39 is 12.2 Å². The van der Waals surface area contributed by atoms with E-state index in [1.807, 2.05) is 12.1 Å². The molecule has 1 saturated heterocycles. The molecular formula is C23H27N3O4. The van der Waals surface area contributed by atoms with Gasteiger partial charge in [-0.15, -0.1) is 0 Å². The van der Waals surface area contributed by atoms with E-state index in [1.165, 1.54) is 11.1 Å². The molecule has 2 aromatic carbocycles. The number of aliphatic hydroxyl groups is 2. The number of aliphatic hydroxyl groups excluding tert-OH is 2. The lowest BCUT2D eigenvalue weighted by atomic mass is 9.93. The van der Waals surface area contributed by atoms with E-state index in [2.05, 4.69) is 22.8 Å². The Kier molecular flexibility index (Phi) is 6.13. The normalized spacial score (nSPS) is 21.7. The summed E-state index contributed by atoms with van der Waals surface area (Å²) in [4.78, 5) is 26.5. The SMILES string of the molecule is O=C(NCC(O)C1Cc2ccccc2CN1)c1ccc(C(=O)N2CCC(O)C2)cc1. The van der Waals surface area contributed by atoms with Crippen LogP contribution in [0.1, 0.15) is 38.3 Å². The molecule has 4 rings (SSSR count). The summed E-state index contributed by atoms with van der Waals surface area (Å²) in [6, 6.07) is 14.5. The monoisotopic (exact) mass is 409 g/mol. The van der Waals surface area contributed by atoms with Crippen LogP contribution in [0.2, 0.25) is 0 Å². The minimum absolute atomic E-state index is 0.115. The molecule has 7 nitrogen and oxygen atoms in total. The van der Waals surface area contributed by atoms with Crippen LogP contribution < -0.4 is 10.6 Å². The lowest BCUT2D eigenvalue weighted by Crippen LogP contribution is -2.49. The second-order valence-corrected chi connectivity index (χ2v) is 8.01. The summed E-state index contributed by atoms with van der Waals surface area (Å²) in [6.07, 6.45) is 0.146. The average Bonchev–Trinajstić information content (AvgIpc) is 3.22. The van der Waals surface area contributed by atoms with Gasteiger partial charge in [-0.1, -0.05) is 24.3 Å². The number of nitrogens with one attached hydrogen (secondary N) is 2. The fraction of sp³-hybridized carbons (Fsp3) is 0.391. The first-order valence-corrected chi connectivity index (χ1v) is 10.3. The van der Waals surface area contributed by atoms with Crippen molar-refractivity contribution in [3.8, 4) is 0 Å². The summed E-state index contributed by atoms with van der Waals surface area (Å²) in [5, 5.41) is 26.2. The Morgan fingerprint density at radius 1 is 1.10 bits per heavy atom. The number of benzene rings is 2. The van der Waals surface area contributed by atoms with Crippen LogP contribution in [-0.2, 0) is 13.0 Å². The molecule has 1 fully saturated rings. The van der Waals surface area contributed by atoms with Crippen LogP contribution in [-0.4, -0.2) is 64.8 Å². The second kappa shape index (κ2) is 8.95. The first kappa shape index (κ1) is 20.5. The molecule has 0 aromatic heterocycles. The van der Waals surface area contributed by atoms with E-state index in [-0.39, 0.29) is 24.4 Å². The number of carbonyl (C=O) groups is 2. The molecular weight excluding hydrogens is 382 g/mol. The van der Waals surface area contributed by atoms with Gasteiger partial charge >= 0.3 is 0 Å². The predicted molar refractivity (Wildman–Crippen MR) is 112 cm³/mol. The fourth-order valence-electron chi connectivity index (χ4n) is 4.07. The van der Waals surface area contributed by atoms with Crippen molar-refractivity contribution in [2.24, 2.45) is 0 Å². The summed E-state index contributed by atoms with van der Waals surface area (Å²) in [5.74, 6) is -0.432. The van der Waals surface area contributed by atoms with Crippen LogP contribution in [0.15, 0.2) is 48.5 Å². The van der Waals surface area contributed by atoms with Gasteiger partial charge in [0.2, 0.25) is 0 Å². The molecule has 7 heteroatoms. The third-order valence-electron chi connectivity index (χ3n) is 5.89. The third-order valence-corrected chi connectivity index (χ3v) is 5.89. The Hall–Kier alpha value is -2.74. The number of nitrogens with zero attached hydrogens (tertiary/aromatic N) is 1. The maximum Gasteiger partial charge on any atom is 0.253 e. The number of amides is 2. The van der Waals surface area contributed by atoms with Crippen molar-refractivity contribution in [3.63, 3.8) is 0 Å². The van der Waals surface area contributed by atoms with E-state index in [4.69, 9.17) is 0 Å². The van der Waals surface area contributed by atoms with Crippen molar-refractivity contribution in [3.05, 3.63) is 70.8 Å². The number of rotatable bonds is 5. The second-order valence-electron chi connectivity index (χ2n) is 8.01. The molecule has 2 heterocycles. The molecule has 0 aliphatic carbocycles. The van der Waals surface area contributed by atoms with Crippen LogP contribution in [0.4, 0.5) is 0 Å². The summed E-state index contributed by atoms with van der Waals surface area (Å²) < 4.78 is 0. The molecule has 2 aliphatic rings. The molecule has 0 spiro atoms. The van der Waals surface area contributed by atoms with Gasteiger partial charge in [-0.25, -0.2) is 0 Å². The Labute approximate surface area is 175 Å². The van der Waals surface area contributed by atoms with Crippen LogP contribution >= 0.6 is 0 Å². The largest absolute Gasteiger partial charge is 0.391 e. The molecule has 3 unspecified atom stereocenters. The number of β-amino-alcohol motifs (C(OH)–C–C–N with tert-alkyl or cyclic N) is 1. The average molecular weight is 409 g/mol. The van der Waals surface area contributed by atoms with Crippen molar-refractivity contribution >= 4 is 11.8 Å². The van der Waals surface area contributed by atoms with E-state index in [9.17, 15) is 19.8 Å². The minimum atomic E-state index is -0.704. The van der Waals surface area contributed by atoms with Crippen molar-refractivity contribution in [1.82, 2.24) is 15.5 Å². The Bertz CT molecular complexity index is 915. The van der Waals surface area contributed by atoms with E-state index in [0.717, 1.165) is 6.42 Å². The van der Waals surface area contributed by atoms with E-state index >= 15 is 0 Å². The van der Waals surface area contributed by atoms with Crippen LogP contribution in [0.5, 0.6) is 0 Å². The number of likely N-dealkylation sites (tertiary alicyclic amines) is 1. The summed E-state index contributed by atoms with van der Waals surface area (Å²) in [6.45, 7) is 1.73. The fourth-order valence-corrected chi connectivity index (χ4v) is 4.07. The van der Waals surface area contributed by atoms with Gasteiger partial charge in [0.15, 0.2) is 0 Å². The van der Waals surface area contributed by atoms with Crippen molar-refractivity contribution < 1.29 is 19.8 Å². The molecule has 2 amide bonds. The topological polar surface area (TPSA) is 102 Å². The molecule has 158 valence electrons. The highest BCUT2D eigenvalue weighted by atomic mass is 16.3. The number of hydrogen-bond donors (Lipinski definition) is 4. The Balaban J connectivity index is 1.29. The van der Waals surface area contributed by atoms with Gasteiger partial charge in [0, 0.05) is 43.3 Å². The summed E-state index contributed by atoms with van der Waals surface area (Å²) in [5.41, 5.74) is 3.38. The Morgan fingerprint density at radius 3 is 2.50 bits per heavy atom. The maximum absolute atomic E-state index is 12.4. The molecule has 2 aliphatic heterocycles. The summed E-state index contributed by atoms with van der Waals surface area (Å²) >= 11 is 0. The first-order valence-electron chi connectivity index (χ1n) is 10.3. The standard InChI is InChI=1S/C23H27N3O4/c27-19-9-10-26(14-19)23(30)16-7-5-15(6-8-16)22(29)25-13-21(28)20-11-17-3-1-2-4-18(17)12-24-20/h1-8,19-21,24,27-28H,9-14H2,(H,25,29). The molecule has 0 radical (unpaired) electrons. The number of hydrogen-bond acceptors (Lipinski definition) is 5. The third kappa shape index (κ3) is 4.53. The van der Waals surface area contributed by atoms with Crippen molar-refractivity contribution in [2.45, 2.75) is 37.6 Å². The summed E-state index contributed by atoms with van der Waals surface area (Å²) in [7, 11) is 0. The zero-order chi connectivity index (χ0) is 21.1. The highest BCUT2D eigenvalue weighted by Gasteiger charge is 2.26. The molecule has 2 aromatic rings. The predicted octanol–water partition coefficient (Wildman–Crippen LogP) is 0.699. The zero-order valence-electron chi connectivity index (χ0n) is 16.8. The molecule has 3 atom stereocenters. The van der Waals surface area contributed by atoms with E-state index in [1.54, 1.807) is 29.2 Å². The lowest BCUT2D eigenvalue weighted by Gasteiger charge is -2.30. The highest BCUT2D eigenvalue weighted by Crippen LogP contribution is 2.18. The maximum atomic E-state index is 12.4. The van der Waals surface area contributed by atoms with Gasteiger partial charge in [0.1, 0.15) is 0 Å². The van der Waals surface area contributed by atoms with Crippen molar-refractivity contribution in [2.75, 3.05) is 19.6 Å². The van der Waals surface area contributed by atoms with Crippen LogP contribution in [0, 0.1) is 0 Å². The van der Waals surface area contributed by atoms with Gasteiger partial charge in [-0.3, -0.25) is 9.59 Å². The quantitative estimate of drug-likeness (QED) is 0.582. The van der Waals surface area contributed by atoms with E-state index in [0.29, 0.717) is 37.2 Å². The van der Waals surface area contributed by atoms with Gasteiger partial charge in [-0.05, 0) is 48.2 Å². The minimum Gasteiger partial charge on any atom is -0.391 e. The van der Waals surface area contributed by atoms with Crippen LogP contribution in [0.25, 0.3) is 0 Å². The zero-order valence-corrected chi connectivity index (χ0v) is 16.8.